The predicted molar refractivity (Wildman–Crippen MR) is 90.4 cm³/mol. The molecule has 3 unspecified atom stereocenters. The Morgan fingerprint density at radius 1 is 0.964 bits per heavy atom. The fourth-order valence-corrected chi connectivity index (χ4v) is 4.48. The van der Waals surface area contributed by atoms with Crippen LogP contribution in [0.1, 0.15) is 29.5 Å². The zero-order valence-corrected chi connectivity index (χ0v) is 14.8. The Morgan fingerprint density at radius 3 is 2.18 bits per heavy atom. The molecule has 2 aromatic rings. The molecule has 1 aliphatic carbocycles. The van der Waals surface area contributed by atoms with Gasteiger partial charge in [-0.2, -0.15) is 0 Å². The lowest BCUT2D eigenvalue weighted by Crippen LogP contribution is -2.31. The number of rotatable bonds is 2. The molecule has 2 aliphatic rings. The summed E-state index contributed by atoms with van der Waals surface area (Å²) in [6.45, 7) is 0. The highest BCUT2D eigenvalue weighted by atomic mass is 32.2. The normalized spacial score (nSPS) is 23.3. The monoisotopic (exact) mass is 416 g/mol. The van der Waals surface area contributed by atoms with Crippen molar-refractivity contribution in [1.82, 2.24) is 0 Å². The average molecular weight is 416 g/mol. The van der Waals surface area contributed by atoms with Gasteiger partial charge in [-0.1, -0.05) is 12.2 Å². The first kappa shape index (κ1) is 18.9. The van der Waals surface area contributed by atoms with E-state index in [1.807, 2.05) is 0 Å². The molecule has 0 fully saturated rings. The van der Waals surface area contributed by atoms with Crippen molar-refractivity contribution < 1.29 is 30.4 Å². The van der Waals surface area contributed by atoms with Crippen molar-refractivity contribution in [3.8, 4) is 0 Å². The van der Waals surface area contributed by atoms with Gasteiger partial charge in [0.15, 0.2) is 23.3 Å². The molecule has 1 heterocycles. The van der Waals surface area contributed by atoms with E-state index in [0.29, 0.717) is 17.7 Å². The molecule has 148 valence electrons. The number of allylic oxidation sites excluding steroid dienone is 2. The summed E-state index contributed by atoms with van der Waals surface area (Å²) in [6, 6.07) is 2.71. The van der Waals surface area contributed by atoms with Gasteiger partial charge in [0.05, 0.1) is 16.5 Å². The van der Waals surface area contributed by atoms with Crippen LogP contribution in [0.5, 0.6) is 0 Å². The summed E-state index contributed by atoms with van der Waals surface area (Å²) < 4.78 is 92.7. The van der Waals surface area contributed by atoms with Gasteiger partial charge >= 0.3 is 0 Å². The third kappa shape index (κ3) is 2.70. The number of primary sulfonamides is 1. The van der Waals surface area contributed by atoms with E-state index in [0.717, 1.165) is 0 Å². The Balaban J connectivity index is 1.88. The van der Waals surface area contributed by atoms with Crippen LogP contribution in [-0.4, -0.2) is 8.42 Å². The smallest absolute Gasteiger partial charge is 0.238 e. The summed E-state index contributed by atoms with van der Waals surface area (Å²) in [5.41, 5.74) is -0.0872. The van der Waals surface area contributed by atoms with Gasteiger partial charge in [-0.3, -0.25) is 0 Å². The van der Waals surface area contributed by atoms with Gasteiger partial charge in [-0.25, -0.2) is 35.5 Å². The van der Waals surface area contributed by atoms with Gasteiger partial charge < -0.3 is 5.32 Å². The van der Waals surface area contributed by atoms with Crippen molar-refractivity contribution in [3.05, 3.63) is 70.6 Å². The van der Waals surface area contributed by atoms with Gasteiger partial charge in [0.2, 0.25) is 15.8 Å². The van der Waals surface area contributed by atoms with Crippen LogP contribution >= 0.6 is 0 Å². The van der Waals surface area contributed by atoms with Crippen molar-refractivity contribution in [2.24, 2.45) is 11.1 Å². The van der Waals surface area contributed by atoms with Crippen molar-refractivity contribution in [2.45, 2.75) is 23.3 Å². The molecule has 2 aromatic carbocycles. The quantitative estimate of drug-likeness (QED) is 0.338. The van der Waals surface area contributed by atoms with E-state index in [9.17, 15) is 30.4 Å². The number of hydrogen-bond acceptors (Lipinski definition) is 3. The molecule has 0 spiro atoms. The molecule has 0 amide bonds. The molecular weight excluding hydrogens is 403 g/mol. The van der Waals surface area contributed by atoms with Crippen LogP contribution in [0.15, 0.2) is 35.2 Å². The highest BCUT2D eigenvalue weighted by Gasteiger charge is 2.42. The predicted octanol–water partition coefficient (Wildman–Crippen LogP) is 3.86. The Labute approximate surface area is 156 Å². The Hall–Kier alpha value is -2.46. The number of fused-ring (bicyclic) bond motifs is 3. The van der Waals surface area contributed by atoms with Crippen LogP contribution < -0.4 is 10.5 Å². The Bertz CT molecular complexity index is 1100. The standard InChI is InChI=1S/C18H13F5N2O2S/c19-13-12(14(20)16(22)17(23)15(13)21)18-9-3-1-2-8(9)10-6-7(28(24,26)27)4-5-11(10)25-18/h1-2,4-6,8-9,18,25H,3H2,(H2,24,26,27). The summed E-state index contributed by atoms with van der Waals surface area (Å²) in [5, 5.41) is 7.96. The number of nitrogens with one attached hydrogen (secondary N) is 1. The first-order chi connectivity index (χ1) is 13.1. The van der Waals surface area contributed by atoms with Gasteiger partial charge in [-0.15, -0.1) is 0 Å². The highest BCUT2D eigenvalue weighted by Crippen LogP contribution is 2.51. The number of sulfonamides is 1. The minimum Gasteiger partial charge on any atom is -0.377 e. The number of benzene rings is 2. The van der Waals surface area contributed by atoms with Crippen LogP contribution in [-0.2, 0) is 10.0 Å². The molecule has 4 nitrogen and oxygen atoms in total. The van der Waals surface area contributed by atoms with Crippen LogP contribution in [0.2, 0.25) is 0 Å². The summed E-state index contributed by atoms with van der Waals surface area (Å²) in [4.78, 5) is -0.137. The van der Waals surface area contributed by atoms with Gasteiger partial charge in [0.1, 0.15) is 0 Å². The van der Waals surface area contributed by atoms with E-state index in [1.54, 1.807) is 12.2 Å². The van der Waals surface area contributed by atoms with E-state index >= 15 is 0 Å². The summed E-state index contributed by atoms with van der Waals surface area (Å²) in [5.74, 6) is -11.0. The van der Waals surface area contributed by atoms with Crippen LogP contribution in [0.25, 0.3) is 0 Å². The van der Waals surface area contributed by atoms with Crippen LogP contribution in [0.4, 0.5) is 27.6 Å². The van der Waals surface area contributed by atoms with Crippen molar-refractivity contribution in [2.75, 3.05) is 5.32 Å². The van der Waals surface area contributed by atoms with Gasteiger partial charge in [0.25, 0.3) is 0 Å². The number of halogens is 5. The molecule has 0 radical (unpaired) electrons. The molecule has 1 aliphatic heterocycles. The molecule has 0 bridgehead atoms. The minimum absolute atomic E-state index is 0.137. The molecule has 0 aromatic heterocycles. The lowest BCUT2D eigenvalue weighted by Gasteiger charge is -2.37. The summed E-state index contributed by atoms with van der Waals surface area (Å²) in [7, 11) is -3.97. The second kappa shape index (κ2) is 6.28. The van der Waals surface area contributed by atoms with E-state index in [1.165, 1.54) is 18.2 Å². The third-order valence-electron chi connectivity index (χ3n) is 5.22. The van der Waals surface area contributed by atoms with Crippen molar-refractivity contribution in [1.29, 1.82) is 0 Å². The zero-order chi connectivity index (χ0) is 20.4. The molecule has 4 rings (SSSR count). The lowest BCUT2D eigenvalue weighted by molar-refractivity contribution is 0.342. The van der Waals surface area contributed by atoms with Crippen LogP contribution in [0.3, 0.4) is 0 Å². The third-order valence-corrected chi connectivity index (χ3v) is 6.13. The second-order valence-electron chi connectivity index (χ2n) is 6.75. The fourth-order valence-electron chi connectivity index (χ4n) is 3.93. The average Bonchev–Trinajstić information content (AvgIpc) is 3.14. The maximum atomic E-state index is 14.4. The lowest BCUT2D eigenvalue weighted by atomic mass is 9.76. The zero-order valence-electron chi connectivity index (χ0n) is 14.0. The first-order valence-corrected chi connectivity index (χ1v) is 9.77. The molecule has 0 saturated heterocycles. The minimum atomic E-state index is -3.97. The Kier molecular flexibility index (Phi) is 4.23. The van der Waals surface area contributed by atoms with Gasteiger partial charge in [-0.05, 0) is 36.1 Å². The molecule has 3 atom stereocenters. The second-order valence-corrected chi connectivity index (χ2v) is 8.31. The van der Waals surface area contributed by atoms with Gasteiger partial charge in [0, 0.05) is 11.6 Å². The first-order valence-electron chi connectivity index (χ1n) is 8.22. The van der Waals surface area contributed by atoms with E-state index in [-0.39, 0.29) is 4.90 Å². The van der Waals surface area contributed by atoms with E-state index in [4.69, 9.17) is 5.14 Å². The molecule has 28 heavy (non-hydrogen) atoms. The topological polar surface area (TPSA) is 72.2 Å². The number of hydrogen-bond donors (Lipinski definition) is 2. The van der Waals surface area contributed by atoms with Crippen LogP contribution in [0, 0.1) is 35.0 Å². The van der Waals surface area contributed by atoms with E-state index in [2.05, 4.69) is 5.32 Å². The fraction of sp³-hybridized carbons (Fsp3) is 0.222. The molecule has 10 heteroatoms. The van der Waals surface area contributed by atoms with E-state index < -0.39 is 62.6 Å². The van der Waals surface area contributed by atoms with Crippen molar-refractivity contribution in [3.63, 3.8) is 0 Å². The summed E-state index contributed by atoms with van der Waals surface area (Å²) >= 11 is 0. The highest BCUT2D eigenvalue weighted by molar-refractivity contribution is 7.89. The van der Waals surface area contributed by atoms with Crippen molar-refractivity contribution >= 4 is 15.7 Å². The molecular formula is C18H13F5N2O2S. The summed E-state index contributed by atoms with van der Waals surface area (Å²) in [6.07, 6.45) is 3.74. The largest absolute Gasteiger partial charge is 0.377 e. The molecule has 3 N–H and O–H groups in total. The molecule has 0 saturated carbocycles. The maximum Gasteiger partial charge on any atom is 0.238 e. The SMILES string of the molecule is NS(=O)(=O)c1ccc2c(c1)C1C=CCC1C(c1c(F)c(F)c(F)c(F)c1F)N2. The number of anilines is 1. The Morgan fingerprint density at radius 2 is 1.57 bits per heavy atom. The number of nitrogens with two attached hydrogens (primary N) is 1. The maximum absolute atomic E-state index is 14.4.